The molecule has 23 heavy (non-hydrogen) atoms. The molecule has 0 aliphatic carbocycles. The van der Waals surface area contributed by atoms with Gasteiger partial charge in [-0.05, 0) is 37.1 Å². The first kappa shape index (κ1) is 15.7. The van der Waals surface area contributed by atoms with Crippen molar-refractivity contribution in [2.24, 2.45) is 0 Å². The fraction of sp³-hybridized carbons (Fsp3) is 0.316. The van der Waals surface area contributed by atoms with Crippen molar-refractivity contribution in [3.8, 4) is 0 Å². The maximum atomic E-state index is 14.1. The molecule has 1 fully saturated rings. The van der Waals surface area contributed by atoms with Gasteiger partial charge in [0, 0.05) is 13.1 Å². The van der Waals surface area contributed by atoms with Crippen molar-refractivity contribution in [1.82, 2.24) is 0 Å². The van der Waals surface area contributed by atoms with Crippen molar-refractivity contribution in [1.29, 1.82) is 0 Å². The monoisotopic (exact) mass is 313 g/mol. The van der Waals surface area contributed by atoms with Gasteiger partial charge in [0.2, 0.25) is 0 Å². The van der Waals surface area contributed by atoms with Gasteiger partial charge in [-0.2, -0.15) is 0 Å². The van der Waals surface area contributed by atoms with E-state index in [1.807, 2.05) is 17.0 Å². The molecule has 0 spiro atoms. The molecule has 0 bridgehead atoms. The van der Waals surface area contributed by atoms with E-state index in [1.165, 1.54) is 18.6 Å². The third-order valence-electron chi connectivity index (χ3n) is 4.29. The van der Waals surface area contributed by atoms with E-state index in [4.69, 9.17) is 4.74 Å². The normalized spacial score (nSPS) is 18.0. The van der Waals surface area contributed by atoms with Crippen molar-refractivity contribution in [3.05, 3.63) is 65.0 Å². The van der Waals surface area contributed by atoms with Gasteiger partial charge < -0.3 is 9.64 Å². The minimum atomic E-state index is -0.464. The zero-order chi connectivity index (χ0) is 16.4. The number of carbonyl (C=O) groups excluding carboxylic acids is 1. The van der Waals surface area contributed by atoms with Crippen LogP contribution in [0.4, 0.5) is 10.1 Å². The molecule has 3 nitrogen and oxygen atoms in total. The molecular weight excluding hydrogens is 293 g/mol. The number of rotatable bonds is 3. The predicted molar refractivity (Wildman–Crippen MR) is 88.5 cm³/mol. The Kier molecular flexibility index (Phi) is 4.44. The smallest absolute Gasteiger partial charge is 0.164 e. The molecule has 2 aromatic carbocycles. The first-order chi connectivity index (χ1) is 11.1. The number of halogens is 1. The van der Waals surface area contributed by atoms with E-state index >= 15 is 0 Å². The van der Waals surface area contributed by atoms with E-state index in [2.05, 4.69) is 19.1 Å². The van der Waals surface area contributed by atoms with Gasteiger partial charge in [0.25, 0.3) is 0 Å². The van der Waals surface area contributed by atoms with Crippen LogP contribution in [-0.2, 0) is 4.74 Å². The summed E-state index contributed by atoms with van der Waals surface area (Å²) in [7, 11) is 0. The Morgan fingerprint density at radius 2 is 2.00 bits per heavy atom. The molecule has 1 saturated heterocycles. The van der Waals surface area contributed by atoms with Gasteiger partial charge in [-0.1, -0.05) is 30.3 Å². The van der Waals surface area contributed by atoms with Crippen LogP contribution in [0.2, 0.25) is 0 Å². The Balaban J connectivity index is 1.92. The summed E-state index contributed by atoms with van der Waals surface area (Å²) in [6.45, 7) is 5.26. The lowest BCUT2D eigenvalue weighted by Gasteiger charge is -2.36. The first-order valence-corrected chi connectivity index (χ1v) is 7.79. The maximum Gasteiger partial charge on any atom is 0.164 e. The standard InChI is InChI=1S/C19H20FNO2/c1-13-6-3-4-7-15(13)18-12-21(10-11-23-18)17-9-5-8-16(20)19(17)14(2)22/h3-9,18H,10-12H2,1-2H3. The second-order valence-electron chi connectivity index (χ2n) is 5.85. The highest BCUT2D eigenvalue weighted by Crippen LogP contribution is 2.30. The minimum absolute atomic E-state index is 0.0759. The number of aryl methyl sites for hydroxylation is 1. The summed E-state index contributed by atoms with van der Waals surface area (Å²) in [6, 6.07) is 12.9. The molecule has 2 aromatic rings. The summed E-state index contributed by atoms with van der Waals surface area (Å²) in [5, 5.41) is 0. The van der Waals surface area contributed by atoms with E-state index in [-0.39, 0.29) is 17.5 Å². The summed E-state index contributed by atoms with van der Waals surface area (Å²) in [4.78, 5) is 13.9. The lowest BCUT2D eigenvalue weighted by atomic mass is 10.0. The molecule has 3 rings (SSSR count). The number of nitrogens with zero attached hydrogens (tertiary/aromatic N) is 1. The van der Waals surface area contributed by atoms with Crippen LogP contribution in [0.15, 0.2) is 42.5 Å². The Labute approximate surface area is 135 Å². The zero-order valence-electron chi connectivity index (χ0n) is 13.4. The Hall–Kier alpha value is -2.20. The second-order valence-corrected chi connectivity index (χ2v) is 5.85. The highest BCUT2D eigenvalue weighted by molar-refractivity contribution is 6.00. The molecular formula is C19H20FNO2. The molecule has 0 amide bonds. The van der Waals surface area contributed by atoms with Crippen molar-refractivity contribution in [2.45, 2.75) is 20.0 Å². The molecule has 1 atom stereocenters. The number of ether oxygens (including phenoxy) is 1. The van der Waals surface area contributed by atoms with Crippen molar-refractivity contribution >= 4 is 11.5 Å². The molecule has 1 aliphatic heterocycles. The van der Waals surface area contributed by atoms with Crippen LogP contribution >= 0.6 is 0 Å². The number of carbonyl (C=O) groups is 1. The SMILES string of the molecule is CC(=O)c1c(F)cccc1N1CCOC(c2ccccc2C)C1. The lowest BCUT2D eigenvalue weighted by Crippen LogP contribution is -2.39. The van der Waals surface area contributed by atoms with Crippen LogP contribution in [0.25, 0.3) is 0 Å². The van der Waals surface area contributed by atoms with E-state index in [9.17, 15) is 9.18 Å². The molecule has 1 heterocycles. The van der Waals surface area contributed by atoms with Gasteiger partial charge in [0.15, 0.2) is 5.78 Å². The van der Waals surface area contributed by atoms with E-state index in [0.29, 0.717) is 25.4 Å². The minimum Gasteiger partial charge on any atom is -0.370 e. The fourth-order valence-corrected chi connectivity index (χ4v) is 3.13. The molecule has 0 saturated carbocycles. The average molecular weight is 313 g/mol. The highest BCUT2D eigenvalue weighted by atomic mass is 19.1. The lowest BCUT2D eigenvalue weighted by molar-refractivity contribution is 0.0393. The van der Waals surface area contributed by atoms with E-state index < -0.39 is 5.82 Å². The Morgan fingerprint density at radius 3 is 2.74 bits per heavy atom. The summed E-state index contributed by atoms with van der Waals surface area (Å²) < 4.78 is 20.0. The van der Waals surface area contributed by atoms with Crippen LogP contribution in [0.5, 0.6) is 0 Å². The van der Waals surface area contributed by atoms with Crippen LogP contribution in [0, 0.1) is 12.7 Å². The quantitative estimate of drug-likeness (QED) is 0.805. The Morgan fingerprint density at radius 1 is 1.22 bits per heavy atom. The predicted octanol–water partition coefficient (Wildman–Crippen LogP) is 3.91. The van der Waals surface area contributed by atoms with E-state index in [1.54, 1.807) is 12.1 Å². The average Bonchev–Trinajstić information content (AvgIpc) is 2.55. The second kappa shape index (κ2) is 6.50. The number of ketones is 1. The topological polar surface area (TPSA) is 29.5 Å². The van der Waals surface area contributed by atoms with Gasteiger partial charge in [0.05, 0.1) is 17.9 Å². The molecule has 0 N–H and O–H groups in total. The third kappa shape index (κ3) is 3.13. The molecule has 1 aliphatic rings. The highest BCUT2D eigenvalue weighted by Gasteiger charge is 2.26. The van der Waals surface area contributed by atoms with Crippen LogP contribution in [0.1, 0.15) is 34.5 Å². The number of anilines is 1. The summed E-state index contributed by atoms with van der Waals surface area (Å²) >= 11 is 0. The largest absolute Gasteiger partial charge is 0.370 e. The third-order valence-corrected chi connectivity index (χ3v) is 4.29. The van der Waals surface area contributed by atoms with Crippen LogP contribution < -0.4 is 4.90 Å². The summed E-state index contributed by atoms with van der Waals surface area (Å²) in [6.07, 6.45) is -0.0759. The van der Waals surface area contributed by atoms with Crippen molar-refractivity contribution in [2.75, 3.05) is 24.6 Å². The van der Waals surface area contributed by atoms with Gasteiger partial charge in [0.1, 0.15) is 11.9 Å². The maximum absolute atomic E-state index is 14.1. The van der Waals surface area contributed by atoms with Gasteiger partial charge in [-0.15, -0.1) is 0 Å². The van der Waals surface area contributed by atoms with E-state index in [0.717, 1.165) is 5.56 Å². The van der Waals surface area contributed by atoms with Gasteiger partial charge in [-0.25, -0.2) is 4.39 Å². The molecule has 0 aromatic heterocycles. The van der Waals surface area contributed by atoms with Crippen LogP contribution in [0.3, 0.4) is 0 Å². The molecule has 120 valence electrons. The number of hydrogen-bond acceptors (Lipinski definition) is 3. The zero-order valence-corrected chi connectivity index (χ0v) is 13.4. The number of benzene rings is 2. The van der Waals surface area contributed by atoms with Gasteiger partial charge in [-0.3, -0.25) is 4.79 Å². The van der Waals surface area contributed by atoms with Gasteiger partial charge >= 0.3 is 0 Å². The van der Waals surface area contributed by atoms with Crippen molar-refractivity contribution < 1.29 is 13.9 Å². The van der Waals surface area contributed by atoms with Crippen LogP contribution in [-0.4, -0.2) is 25.5 Å². The fourth-order valence-electron chi connectivity index (χ4n) is 3.13. The molecule has 4 heteroatoms. The molecule has 0 radical (unpaired) electrons. The Bertz CT molecular complexity index is 729. The molecule has 1 unspecified atom stereocenters. The number of morpholine rings is 1. The summed E-state index contributed by atoms with van der Waals surface area (Å²) in [5.41, 5.74) is 3.13. The number of hydrogen-bond donors (Lipinski definition) is 0. The van der Waals surface area contributed by atoms with Crippen molar-refractivity contribution in [3.63, 3.8) is 0 Å². The summed E-state index contributed by atoms with van der Waals surface area (Å²) in [5.74, 6) is -0.717. The number of Topliss-reactive ketones (excluding diaryl/α,β-unsaturated/α-hetero) is 1. The first-order valence-electron chi connectivity index (χ1n) is 7.79.